The summed E-state index contributed by atoms with van der Waals surface area (Å²) >= 11 is 0. The van der Waals surface area contributed by atoms with Gasteiger partial charge in [0.1, 0.15) is 5.78 Å². The number of aliphatic hydroxyl groups excluding tert-OH is 1. The summed E-state index contributed by atoms with van der Waals surface area (Å²) in [5.41, 5.74) is 0. The third-order valence-electron chi connectivity index (χ3n) is 1.99. The molecule has 0 heterocycles. The van der Waals surface area contributed by atoms with E-state index in [0.29, 0.717) is 32.1 Å². The molecule has 0 aromatic heterocycles. The summed E-state index contributed by atoms with van der Waals surface area (Å²) in [6.45, 7) is 1.52. The number of carbonyl (C=O) groups is 2. The van der Waals surface area contributed by atoms with Crippen molar-refractivity contribution in [3.63, 3.8) is 0 Å². The molecule has 1 unspecified atom stereocenters. The Labute approximate surface area is 83.9 Å². The summed E-state index contributed by atoms with van der Waals surface area (Å²) in [5.74, 6) is -0.705. The van der Waals surface area contributed by atoms with Gasteiger partial charge in [-0.05, 0) is 32.6 Å². The van der Waals surface area contributed by atoms with Crippen LogP contribution in [0.15, 0.2) is 0 Å². The lowest BCUT2D eigenvalue weighted by molar-refractivity contribution is -0.137. The van der Waals surface area contributed by atoms with E-state index in [-0.39, 0.29) is 12.2 Å². The second kappa shape index (κ2) is 7.50. The van der Waals surface area contributed by atoms with E-state index in [1.807, 2.05) is 0 Å². The van der Waals surface area contributed by atoms with Crippen LogP contribution in [0.1, 0.15) is 45.4 Å². The minimum absolute atomic E-state index is 0.101. The van der Waals surface area contributed by atoms with Gasteiger partial charge in [-0.2, -0.15) is 0 Å². The molecule has 4 nitrogen and oxygen atoms in total. The number of Topliss-reactive ketones (excluding diaryl/α,β-unsaturated/α-hetero) is 1. The number of hydrogen-bond donors (Lipinski definition) is 2. The summed E-state index contributed by atoms with van der Waals surface area (Å²) in [6, 6.07) is 0. The van der Waals surface area contributed by atoms with Crippen molar-refractivity contribution >= 4 is 11.8 Å². The molecule has 4 heteroatoms. The molecule has 0 rings (SSSR count). The van der Waals surface area contributed by atoms with Crippen LogP contribution < -0.4 is 0 Å². The smallest absolute Gasteiger partial charge is 0.303 e. The molecular formula is C10H18O4. The van der Waals surface area contributed by atoms with E-state index in [1.54, 1.807) is 0 Å². The lowest BCUT2D eigenvalue weighted by Gasteiger charge is -2.08. The number of carboxylic acid groups (broad SMARTS) is 1. The standard InChI is InChI=1S/C10H18O4/c1-8(11)4-2-5-9(12)6-3-7-10(13)14/h9,12H,2-7H2,1H3,(H,13,14). The molecule has 14 heavy (non-hydrogen) atoms. The van der Waals surface area contributed by atoms with Gasteiger partial charge in [0.05, 0.1) is 6.10 Å². The molecule has 2 N–H and O–H groups in total. The topological polar surface area (TPSA) is 74.6 Å². The zero-order valence-corrected chi connectivity index (χ0v) is 8.53. The van der Waals surface area contributed by atoms with Gasteiger partial charge < -0.3 is 15.0 Å². The second-order valence-electron chi connectivity index (χ2n) is 3.53. The molecule has 0 saturated carbocycles. The van der Waals surface area contributed by atoms with E-state index >= 15 is 0 Å². The average Bonchev–Trinajstić information content (AvgIpc) is 2.02. The third kappa shape index (κ3) is 9.19. The fraction of sp³-hybridized carbons (Fsp3) is 0.800. The molecule has 0 amide bonds. The molecule has 0 aliphatic heterocycles. The number of carboxylic acids is 1. The Bertz CT molecular complexity index is 169. The van der Waals surface area contributed by atoms with Crippen LogP contribution in [-0.4, -0.2) is 28.1 Å². The fourth-order valence-corrected chi connectivity index (χ4v) is 1.22. The van der Waals surface area contributed by atoms with Crippen molar-refractivity contribution in [3.05, 3.63) is 0 Å². The van der Waals surface area contributed by atoms with Crippen LogP contribution in [0.4, 0.5) is 0 Å². The van der Waals surface area contributed by atoms with Crippen LogP contribution in [0.2, 0.25) is 0 Å². The van der Waals surface area contributed by atoms with Gasteiger partial charge in [-0.3, -0.25) is 4.79 Å². The van der Waals surface area contributed by atoms with E-state index in [9.17, 15) is 14.7 Å². The molecular weight excluding hydrogens is 184 g/mol. The van der Waals surface area contributed by atoms with Gasteiger partial charge in [-0.15, -0.1) is 0 Å². The second-order valence-corrected chi connectivity index (χ2v) is 3.53. The number of ketones is 1. The fourth-order valence-electron chi connectivity index (χ4n) is 1.22. The normalized spacial score (nSPS) is 12.4. The van der Waals surface area contributed by atoms with Gasteiger partial charge in [-0.25, -0.2) is 0 Å². The molecule has 0 aromatic carbocycles. The maximum absolute atomic E-state index is 10.6. The van der Waals surface area contributed by atoms with Crippen molar-refractivity contribution in [2.75, 3.05) is 0 Å². The Hall–Kier alpha value is -0.900. The summed E-state index contributed by atoms with van der Waals surface area (Å²) in [4.78, 5) is 20.7. The molecule has 0 aliphatic rings. The Balaban J connectivity index is 3.32. The zero-order chi connectivity index (χ0) is 11.0. The highest BCUT2D eigenvalue weighted by atomic mass is 16.4. The van der Waals surface area contributed by atoms with E-state index in [1.165, 1.54) is 6.92 Å². The Morgan fingerprint density at radius 2 is 1.64 bits per heavy atom. The highest BCUT2D eigenvalue weighted by molar-refractivity contribution is 5.75. The van der Waals surface area contributed by atoms with Crippen LogP contribution in [0.5, 0.6) is 0 Å². The predicted molar refractivity (Wildman–Crippen MR) is 52.0 cm³/mol. The van der Waals surface area contributed by atoms with Gasteiger partial charge in [0, 0.05) is 12.8 Å². The predicted octanol–water partition coefficient (Wildman–Crippen LogP) is 1.36. The van der Waals surface area contributed by atoms with Gasteiger partial charge >= 0.3 is 5.97 Å². The number of hydrogen-bond acceptors (Lipinski definition) is 3. The number of rotatable bonds is 8. The Morgan fingerprint density at radius 3 is 2.07 bits per heavy atom. The molecule has 0 bridgehead atoms. The van der Waals surface area contributed by atoms with E-state index in [0.717, 1.165) is 0 Å². The van der Waals surface area contributed by atoms with Gasteiger partial charge in [0.25, 0.3) is 0 Å². The maximum Gasteiger partial charge on any atom is 0.303 e. The van der Waals surface area contributed by atoms with Crippen LogP contribution in [0, 0.1) is 0 Å². The summed E-state index contributed by atoms with van der Waals surface area (Å²) < 4.78 is 0. The first kappa shape index (κ1) is 13.1. The van der Waals surface area contributed by atoms with Crippen molar-refractivity contribution < 1.29 is 19.8 Å². The van der Waals surface area contributed by atoms with Crippen LogP contribution in [0.25, 0.3) is 0 Å². The molecule has 0 fully saturated rings. The maximum atomic E-state index is 10.6. The first-order valence-electron chi connectivity index (χ1n) is 4.91. The zero-order valence-electron chi connectivity index (χ0n) is 8.53. The van der Waals surface area contributed by atoms with E-state index in [2.05, 4.69) is 0 Å². The van der Waals surface area contributed by atoms with Crippen LogP contribution >= 0.6 is 0 Å². The molecule has 1 atom stereocenters. The highest BCUT2D eigenvalue weighted by Crippen LogP contribution is 2.08. The number of aliphatic hydroxyl groups is 1. The summed E-state index contributed by atoms with van der Waals surface area (Å²) in [7, 11) is 0. The van der Waals surface area contributed by atoms with Crippen molar-refractivity contribution in [1.29, 1.82) is 0 Å². The Morgan fingerprint density at radius 1 is 1.14 bits per heavy atom. The van der Waals surface area contributed by atoms with Crippen LogP contribution in [-0.2, 0) is 9.59 Å². The molecule has 0 aliphatic carbocycles. The van der Waals surface area contributed by atoms with Crippen molar-refractivity contribution in [2.45, 2.75) is 51.6 Å². The highest BCUT2D eigenvalue weighted by Gasteiger charge is 2.06. The first-order chi connectivity index (χ1) is 6.52. The molecule has 0 radical (unpaired) electrons. The number of carbonyl (C=O) groups excluding carboxylic acids is 1. The lowest BCUT2D eigenvalue weighted by Crippen LogP contribution is -2.08. The molecule has 0 spiro atoms. The number of aliphatic carboxylic acids is 1. The monoisotopic (exact) mass is 202 g/mol. The Kier molecular flexibility index (Phi) is 7.02. The average molecular weight is 202 g/mol. The first-order valence-corrected chi connectivity index (χ1v) is 4.91. The van der Waals surface area contributed by atoms with Crippen LogP contribution in [0.3, 0.4) is 0 Å². The molecule has 0 saturated heterocycles. The van der Waals surface area contributed by atoms with E-state index < -0.39 is 12.1 Å². The minimum atomic E-state index is -0.832. The van der Waals surface area contributed by atoms with E-state index in [4.69, 9.17) is 5.11 Å². The van der Waals surface area contributed by atoms with Crippen molar-refractivity contribution in [3.8, 4) is 0 Å². The SMILES string of the molecule is CC(=O)CCCC(O)CCCC(=O)O. The largest absolute Gasteiger partial charge is 0.481 e. The molecule has 0 aromatic rings. The third-order valence-corrected chi connectivity index (χ3v) is 1.99. The minimum Gasteiger partial charge on any atom is -0.481 e. The van der Waals surface area contributed by atoms with Crippen molar-refractivity contribution in [2.24, 2.45) is 0 Å². The van der Waals surface area contributed by atoms with Gasteiger partial charge in [0.15, 0.2) is 0 Å². The quantitative estimate of drug-likeness (QED) is 0.623. The summed E-state index contributed by atoms with van der Waals surface area (Å²) in [5, 5.41) is 17.7. The van der Waals surface area contributed by atoms with Gasteiger partial charge in [0.2, 0.25) is 0 Å². The van der Waals surface area contributed by atoms with Crippen molar-refractivity contribution in [1.82, 2.24) is 0 Å². The molecule has 82 valence electrons. The lowest BCUT2D eigenvalue weighted by atomic mass is 10.1. The van der Waals surface area contributed by atoms with Gasteiger partial charge in [-0.1, -0.05) is 0 Å². The summed E-state index contributed by atoms with van der Waals surface area (Å²) in [6.07, 6.45) is 2.40.